The van der Waals surface area contributed by atoms with Crippen molar-refractivity contribution in [3.05, 3.63) is 54.1 Å². The Hall–Kier alpha value is -3.95. The van der Waals surface area contributed by atoms with Gasteiger partial charge in [-0.2, -0.15) is 10.2 Å². The molecule has 4 N–H and O–H groups in total. The van der Waals surface area contributed by atoms with E-state index in [1.807, 2.05) is 6.07 Å². The first kappa shape index (κ1) is 18.1. The molecule has 1 amide bonds. The highest BCUT2D eigenvalue weighted by Gasteiger charge is 2.38. The maximum Gasteiger partial charge on any atom is 0.259 e. The Morgan fingerprint density at radius 2 is 2.20 bits per heavy atom. The van der Waals surface area contributed by atoms with Gasteiger partial charge in [0.2, 0.25) is 0 Å². The van der Waals surface area contributed by atoms with Crippen molar-refractivity contribution in [3.63, 3.8) is 0 Å². The Morgan fingerprint density at radius 3 is 3.00 bits per heavy atom. The summed E-state index contributed by atoms with van der Waals surface area (Å²) < 4.78 is 7.03. The first-order valence-electron chi connectivity index (χ1n) is 9.53. The summed E-state index contributed by atoms with van der Waals surface area (Å²) in [6, 6.07) is 8.02. The summed E-state index contributed by atoms with van der Waals surface area (Å²) in [5.41, 5.74) is 3.38. The molecule has 2 aliphatic rings. The third-order valence-electron chi connectivity index (χ3n) is 5.34. The zero-order valence-electron chi connectivity index (χ0n) is 15.9. The van der Waals surface area contributed by atoms with Crippen molar-refractivity contribution < 1.29 is 19.4 Å². The van der Waals surface area contributed by atoms with E-state index in [1.54, 1.807) is 40.4 Å². The molecule has 5 rings (SSSR count). The molecule has 2 aliphatic heterocycles. The quantitative estimate of drug-likeness (QED) is 0.506. The number of hydrazone groups is 1. The summed E-state index contributed by atoms with van der Waals surface area (Å²) in [6.45, 7) is 1.38. The van der Waals surface area contributed by atoms with Crippen molar-refractivity contribution in [2.45, 2.75) is 12.6 Å². The summed E-state index contributed by atoms with van der Waals surface area (Å²) in [5, 5.41) is 31.9. The molecule has 0 saturated carbocycles. The second-order valence-corrected chi connectivity index (χ2v) is 7.35. The standard InChI is InChI=1S/C20H20N6O4/c27-13-6-15(23-18-3-4-22-26(18)10-14-2-1-5-30-14)19(17(28)7-13)20(29)25-9-12-8-21-24-16(12)11-25/h1-8,12,16,23-24,27-28H,9-11H2. The van der Waals surface area contributed by atoms with Gasteiger partial charge in [-0.25, -0.2) is 4.68 Å². The fourth-order valence-corrected chi connectivity index (χ4v) is 3.86. The molecule has 0 spiro atoms. The molecule has 0 bridgehead atoms. The van der Waals surface area contributed by atoms with Gasteiger partial charge >= 0.3 is 0 Å². The van der Waals surface area contributed by atoms with Crippen LogP contribution in [0.15, 0.2) is 52.3 Å². The van der Waals surface area contributed by atoms with Gasteiger partial charge in [-0.15, -0.1) is 0 Å². The Balaban J connectivity index is 1.44. The molecule has 1 aromatic carbocycles. The van der Waals surface area contributed by atoms with Crippen LogP contribution in [0, 0.1) is 5.92 Å². The second kappa shape index (κ2) is 7.14. The van der Waals surface area contributed by atoms with E-state index in [0.29, 0.717) is 25.5 Å². The van der Waals surface area contributed by atoms with Crippen LogP contribution in [0.3, 0.4) is 0 Å². The van der Waals surface area contributed by atoms with E-state index < -0.39 is 0 Å². The van der Waals surface area contributed by atoms with Crippen LogP contribution in [0.5, 0.6) is 11.5 Å². The molecular weight excluding hydrogens is 388 g/mol. The Bertz CT molecular complexity index is 1110. The summed E-state index contributed by atoms with van der Waals surface area (Å²) in [7, 11) is 0. The van der Waals surface area contributed by atoms with Gasteiger partial charge in [0.05, 0.1) is 24.2 Å². The number of phenolic OH excluding ortho intramolecular Hbond substituents is 2. The zero-order valence-corrected chi connectivity index (χ0v) is 15.9. The Morgan fingerprint density at radius 1 is 1.30 bits per heavy atom. The minimum atomic E-state index is -0.323. The number of hydrogen-bond donors (Lipinski definition) is 4. The number of amides is 1. The number of aromatic nitrogens is 2. The molecule has 1 fully saturated rings. The lowest BCUT2D eigenvalue weighted by atomic mass is 10.1. The summed E-state index contributed by atoms with van der Waals surface area (Å²) >= 11 is 0. The number of anilines is 2. The van der Waals surface area contributed by atoms with E-state index in [-0.39, 0.29) is 40.6 Å². The minimum Gasteiger partial charge on any atom is -0.508 e. The van der Waals surface area contributed by atoms with Crippen LogP contribution in [-0.2, 0) is 6.54 Å². The fourth-order valence-electron chi connectivity index (χ4n) is 3.86. The Kier molecular flexibility index (Phi) is 4.31. The molecule has 2 aromatic heterocycles. The van der Waals surface area contributed by atoms with E-state index >= 15 is 0 Å². The normalized spacial score (nSPS) is 19.7. The third kappa shape index (κ3) is 3.21. The van der Waals surface area contributed by atoms with Crippen LogP contribution in [0.25, 0.3) is 0 Å². The van der Waals surface area contributed by atoms with E-state index in [2.05, 4.69) is 20.9 Å². The average molecular weight is 408 g/mol. The molecule has 154 valence electrons. The predicted molar refractivity (Wildman–Crippen MR) is 108 cm³/mol. The van der Waals surface area contributed by atoms with Crippen molar-refractivity contribution in [2.75, 3.05) is 18.4 Å². The van der Waals surface area contributed by atoms with Crippen LogP contribution in [0.2, 0.25) is 0 Å². The monoisotopic (exact) mass is 408 g/mol. The third-order valence-corrected chi connectivity index (χ3v) is 5.34. The first-order valence-corrected chi connectivity index (χ1v) is 9.53. The molecule has 10 heteroatoms. The topological polar surface area (TPSA) is 128 Å². The maximum absolute atomic E-state index is 13.2. The summed E-state index contributed by atoms with van der Waals surface area (Å²) in [6.07, 6.45) is 5.00. The van der Waals surface area contributed by atoms with E-state index in [9.17, 15) is 15.0 Å². The maximum atomic E-state index is 13.2. The van der Waals surface area contributed by atoms with E-state index in [4.69, 9.17) is 4.42 Å². The van der Waals surface area contributed by atoms with Crippen molar-refractivity contribution in [1.29, 1.82) is 0 Å². The highest BCUT2D eigenvalue weighted by molar-refractivity contribution is 6.03. The van der Waals surface area contributed by atoms with Crippen LogP contribution >= 0.6 is 0 Å². The number of furan rings is 1. The molecular formula is C20H20N6O4. The van der Waals surface area contributed by atoms with Crippen molar-refractivity contribution in [3.8, 4) is 11.5 Å². The van der Waals surface area contributed by atoms with Crippen molar-refractivity contribution in [1.82, 2.24) is 20.1 Å². The molecule has 4 heterocycles. The van der Waals surface area contributed by atoms with E-state index in [0.717, 1.165) is 11.8 Å². The number of carbonyl (C=O) groups is 1. The Labute approximate surface area is 171 Å². The number of nitrogens with zero attached hydrogens (tertiary/aromatic N) is 4. The number of aromatic hydroxyl groups is 2. The lowest BCUT2D eigenvalue weighted by Crippen LogP contribution is -2.33. The van der Waals surface area contributed by atoms with Gasteiger partial charge in [0.15, 0.2) is 0 Å². The van der Waals surface area contributed by atoms with Gasteiger partial charge in [-0.05, 0) is 12.1 Å². The van der Waals surface area contributed by atoms with Gasteiger partial charge in [-0.1, -0.05) is 0 Å². The smallest absolute Gasteiger partial charge is 0.259 e. The molecule has 0 radical (unpaired) electrons. The van der Waals surface area contributed by atoms with Crippen LogP contribution in [-0.4, -0.2) is 56.1 Å². The summed E-state index contributed by atoms with van der Waals surface area (Å²) in [4.78, 5) is 14.9. The number of rotatable bonds is 5. The number of fused-ring (bicyclic) bond motifs is 1. The number of benzene rings is 1. The largest absolute Gasteiger partial charge is 0.508 e. The van der Waals surface area contributed by atoms with Gasteiger partial charge < -0.3 is 30.3 Å². The van der Waals surface area contributed by atoms with Gasteiger partial charge in [0, 0.05) is 43.4 Å². The molecule has 30 heavy (non-hydrogen) atoms. The van der Waals surface area contributed by atoms with Gasteiger partial charge in [0.25, 0.3) is 5.91 Å². The minimum absolute atomic E-state index is 0.0827. The number of likely N-dealkylation sites (tertiary alicyclic amines) is 1. The molecule has 10 nitrogen and oxygen atoms in total. The molecule has 0 aliphatic carbocycles. The van der Waals surface area contributed by atoms with Crippen LogP contribution in [0.4, 0.5) is 11.5 Å². The lowest BCUT2D eigenvalue weighted by molar-refractivity contribution is 0.0785. The van der Waals surface area contributed by atoms with Gasteiger partial charge in [-0.3, -0.25) is 4.79 Å². The number of nitrogens with one attached hydrogen (secondary N) is 2. The van der Waals surface area contributed by atoms with Crippen molar-refractivity contribution in [2.24, 2.45) is 11.0 Å². The first-order chi connectivity index (χ1) is 14.6. The van der Waals surface area contributed by atoms with Crippen LogP contribution < -0.4 is 10.7 Å². The highest BCUT2D eigenvalue weighted by Crippen LogP contribution is 2.35. The zero-order chi connectivity index (χ0) is 20.7. The molecule has 2 atom stereocenters. The van der Waals surface area contributed by atoms with E-state index in [1.165, 1.54) is 6.07 Å². The molecule has 3 aromatic rings. The van der Waals surface area contributed by atoms with Crippen molar-refractivity contribution >= 4 is 23.6 Å². The average Bonchev–Trinajstić information content (AvgIpc) is 3.46. The highest BCUT2D eigenvalue weighted by atomic mass is 16.3. The fraction of sp³-hybridized carbons (Fsp3) is 0.250. The van der Waals surface area contributed by atoms with Gasteiger partial charge in [0.1, 0.15) is 35.2 Å². The number of phenols is 2. The molecule has 1 saturated heterocycles. The SMILES string of the molecule is O=C(c1c(O)cc(O)cc1Nc1ccnn1Cc1ccco1)N1CC2C=NNC2C1. The predicted octanol–water partition coefficient (Wildman–Crippen LogP) is 1.71. The second-order valence-electron chi connectivity index (χ2n) is 7.35. The number of hydrogen-bond acceptors (Lipinski definition) is 8. The number of carbonyl (C=O) groups excluding carboxylic acids is 1. The summed E-state index contributed by atoms with van der Waals surface area (Å²) in [5.74, 6) is 0.678. The lowest BCUT2D eigenvalue weighted by Gasteiger charge is -2.20. The van der Waals surface area contributed by atoms with Crippen LogP contribution in [0.1, 0.15) is 16.1 Å². The molecule has 2 unspecified atom stereocenters.